The fraction of sp³-hybridized carbons (Fsp3) is 0.696. The predicted molar refractivity (Wildman–Crippen MR) is 127 cm³/mol. The highest BCUT2D eigenvalue weighted by Gasteiger charge is 2.28. The van der Waals surface area contributed by atoms with Gasteiger partial charge in [-0.2, -0.15) is 17.4 Å². The van der Waals surface area contributed by atoms with Crippen molar-refractivity contribution in [3.63, 3.8) is 0 Å². The topological polar surface area (TPSA) is 105 Å². The van der Waals surface area contributed by atoms with Gasteiger partial charge in [0.05, 0.1) is 19.8 Å². The molecule has 2 rings (SSSR count). The summed E-state index contributed by atoms with van der Waals surface area (Å²) >= 11 is 0. The third kappa shape index (κ3) is 9.02. The first-order valence-corrected chi connectivity index (χ1v) is 13.4. The summed E-state index contributed by atoms with van der Waals surface area (Å²) in [7, 11) is -3.80. The van der Waals surface area contributed by atoms with Crippen molar-refractivity contribution in [3.8, 4) is 0 Å². The Morgan fingerprint density at radius 3 is 2.37 bits per heavy atom. The lowest BCUT2D eigenvalue weighted by Crippen LogP contribution is -2.51. The molecular weight excluding hydrogens is 485 g/mol. The molecule has 1 aromatic rings. The molecule has 1 heterocycles. The second-order valence-corrected chi connectivity index (χ2v) is 11.0. The zero-order chi connectivity index (χ0) is 26.2. The quantitative estimate of drug-likeness (QED) is 0.387. The van der Waals surface area contributed by atoms with Crippen LogP contribution in [0.15, 0.2) is 12.1 Å². The maximum absolute atomic E-state index is 14.0. The largest absolute Gasteiger partial charge is 0.379 e. The molecule has 1 amide bonds. The van der Waals surface area contributed by atoms with Gasteiger partial charge in [0.1, 0.15) is 5.82 Å². The molecule has 1 unspecified atom stereocenters. The molecule has 3 N–H and O–H groups in total. The number of morpholine rings is 1. The molecule has 1 aliphatic heterocycles. The summed E-state index contributed by atoms with van der Waals surface area (Å²) in [6.45, 7) is 6.98. The van der Waals surface area contributed by atoms with Crippen LogP contribution in [-0.4, -0.2) is 75.0 Å². The Labute approximate surface area is 206 Å². The van der Waals surface area contributed by atoms with Gasteiger partial charge in [-0.1, -0.05) is 20.8 Å². The molecule has 12 heteroatoms. The summed E-state index contributed by atoms with van der Waals surface area (Å²) < 4.78 is 74.5. The Bertz CT molecular complexity index is 943. The second-order valence-electron chi connectivity index (χ2n) is 9.24. The fourth-order valence-electron chi connectivity index (χ4n) is 4.07. The summed E-state index contributed by atoms with van der Waals surface area (Å²) in [6.07, 6.45) is 1.55. The third-order valence-electron chi connectivity index (χ3n) is 5.95. The van der Waals surface area contributed by atoms with Crippen molar-refractivity contribution < 1.29 is 31.1 Å². The van der Waals surface area contributed by atoms with Crippen LogP contribution in [0.3, 0.4) is 0 Å². The van der Waals surface area contributed by atoms with E-state index in [0.29, 0.717) is 45.1 Å². The van der Waals surface area contributed by atoms with Gasteiger partial charge in [-0.25, -0.2) is 13.2 Å². The first-order chi connectivity index (χ1) is 16.4. The summed E-state index contributed by atoms with van der Waals surface area (Å²) in [6, 6.07) is 0.586. The number of nitrogens with zero attached hydrogens (tertiary/aromatic N) is 2. The summed E-state index contributed by atoms with van der Waals surface area (Å²) in [5, 5.41) is 0. The van der Waals surface area contributed by atoms with E-state index >= 15 is 0 Å². The third-order valence-corrected chi connectivity index (χ3v) is 7.51. The lowest BCUT2D eigenvalue weighted by atomic mass is 9.97. The zero-order valence-corrected chi connectivity index (χ0v) is 21.4. The Morgan fingerprint density at radius 2 is 1.77 bits per heavy atom. The second kappa shape index (κ2) is 13.5. The molecule has 0 aliphatic carbocycles. The number of halogens is 3. The Morgan fingerprint density at radius 1 is 1.14 bits per heavy atom. The van der Waals surface area contributed by atoms with E-state index in [1.807, 2.05) is 20.8 Å². The summed E-state index contributed by atoms with van der Waals surface area (Å²) in [4.78, 5) is 14.7. The molecule has 0 spiro atoms. The van der Waals surface area contributed by atoms with Gasteiger partial charge in [0, 0.05) is 37.8 Å². The minimum atomic E-state index is -3.80. The number of nitrogens with one attached hydrogen (secondary N) is 1. The van der Waals surface area contributed by atoms with Gasteiger partial charge in [0.25, 0.3) is 10.2 Å². The number of amides is 1. The number of benzene rings is 1. The van der Waals surface area contributed by atoms with Crippen LogP contribution >= 0.6 is 0 Å². The molecule has 1 saturated heterocycles. The number of hydrogen-bond donors (Lipinski definition) is 2. The van der Waals surface area contributed by atoms with Crippen molar-refractivity contribution in [1.29, 1.82) is 0 Å². The zero-order valence-electron chi connectivity index (χ0n) is 20.6. The van der Waals surface area contributed by atoms with Gasteiger partial charge in [0.2, 0.25) is 5.91 Å². The molecule has 0 saturated carbocycles. The van der Waals surface area contributed by atoms with Crippen LogP contribution in [0.25, 0.3) is 0 Å². The van der Waals surface area contributed by atoms with E-state index in [4.69, 9.17) is 10.5 Å². The van der Waals surface area contributed by atoms with E-state index in [1.165, 1.54) is 4.31 Å². The van der Waals surface area contributed by atoms with Gasteiger partial charge >= 0.3 is 0 Å². The van der Waals surface area contributed by atoms with E-state index in [2.05, 4.69) is 4.72 Å². The molecule has 1 fully saturated rings. The highest BCUT2D eigenvalue weighted by molar-refractivity contribution is 7.87. The fourth-order valence-corrected chi connectivity index (χ4v) is 5.19. The number of hydrogen-bond acceptors (Lipinski definition) is 5. The number of nitrogens with two attached hydrogens (primary N) is 1. The number of rotatable bonds is 13. The molecule has 1 aromatic carbocycles. The van der Waals surface area contributed by atoms with Crippen molar-refractivity contribution in [2.45, 2.75) is 58.5 Å². The monoisotopic (exact) mass is 522 g/mol. The molecule has 1 aliphatic rings. The Hall–Kier alpha value is -1.73. The van der Waals surface area contributed by atoms with Crippen molar-refractivity contribution in [2.75, 3.05) is 39.4 Å². The van der Waals surface area contributed by atoms with Gasteiger partial charge in [-0.3, -0.25) is 4.79 Å². The molecule has 0 aromatic heterocycles. The van der Waals surface area contributed by atoms with Crippen molar-refractivity contribution in [3.05, 3.63) is 35.1 Å². The van der Waals surface area contributed by atoms with E-state index < -0.39 is 33.7 Å². The normalized spacial score (nSPS) is 16.9. The van der Waals surface area contributed by atoms with E-state index in [-0.39, 0.29) is 49.5 Å². The number of ether oxygens (including phenoxy) is 1. The van der Waals surface area contributed by atoms with Crippen LogP contribution in [0.5, 0.6) is 0 Å². The van der Waals surface area contributed by atoms with Crippen LogP contribution in [0.4, 0.5) is 13.2 Å². The lowest BCUT2D eigenvalue weighted by Gasteiger charge is -2.34. The predicted octanol–water partition coefficient (Wildman–Crippen LogP) is 2.18. The molecule has 8 nitrogen and oxygen atoms in total. The van der Waals surface area contributed by atoms with Gasteiger partial charge in [-0.15, -0.1) is 0 Å². The highest BCUT2D eigenvalue weighted by Crippen LogP contribution is 2.19. The minimum absolute atomic E-state index is 0.00270. The van der Waals surface area contributed by atoms with Crippen LogP contribution in [-0.2, 0) is 26.2 Å². The standard InChI is InChI=1S/C23H37F3N4O4S/c1-4-19(6-5-18(27)11-17-12-21(25)22(26)13-20(17)24)30(15-16(2)3)23(31)14-28-35(32,33)29-7-9-34-10-8-29/h12-13,16,18-19,28H,4-11,14-15,27H2,1-3H3/t18-,19?/m0/s1. The molecule has 0 radical (unpaired) electrons. The molecule has 0 bridgehead atoms. The van der Waals surface area contributed by atoms with E-state index in [1.54, 1.807) is 4.90 Å². The van der Waals surface area contributed by atoms with Crippen LogP contribution in [0, 0.1) is 23.4 Å². The molecular formula is C23H37F3N4O4S. The molecule has 200 valence electrons. The van der Waals surface area contributed by atoms with Crippen LogP contribution < -0.4 is 10.5 Å². The van der Waals surface area contributed by atoms with Crippen LogP contribution in [0.1, 0.15) is 45.6 Å². The minimum Gasteiger partial charge on any atom is -0.379 e. The average Bonchev–Trinajstić information content (AvgIpc) is 2.81. The van der Waals surface area contributed by atoms with Crippen molar-refractivity contribution >= 4 is 16.1 Å². The van der Waals surface area contributed by atoms with Gasteiger partial charge in [-0.05, 0) is 43.2 Å². The van der Waals surface area contributed by atoms with Gasteiger partial charge < -0.3 is 15.4 Å². The number of carbonyl (C=O) groups excluding carboxylic acids is 1. The molecule has 2 atom stereocenters. The number of carbonyl (C=O) groups is 1. The lowest BCUT2D eigenvalue weighted by molar-refractivity contribution is -0.133. The Kier molecular flexibility index (Phi) is 11.4. The van der Waals surface area contributed by atoms with Crippen LogP contribution in [0.2, 0.25) is 0 Å². The first kappa shape index (κ1) is 29.5. The SMILES string of the molecule is CCC(CC[C@H](N)Cc1cc(F)c(F)cc1F)N(CC(C)C)C(=O)CNS(=O)(=O)N1CCOCC1. The summed E-state index contributed by atoms with van der Waals surface area (Å²) in [5.74, 6) is -3.43. The van der Waals surface area contributed by atoms with E-state index in [0.717, 1.165) is 6.07 Å². The maximum Gasteiger partial charge on any atom is 0.280 e. The van der Waals surface area contributed by atoms with Crippen molar-refractivity contribution in [1.82, 2.24) is 13.9 Å². The summed E-state index contributed by atoms with van der Waals surface area (Å²) in [5.41, 5.74) is 6.15. The maximum atomic E-state index is 14.0. The molecule has 35 heavy (non-hydrogen) atoms. The first-order valence-electron chi connectivity index (χ1n) is 12.0. The average molecular weight is 523 g/mol. The smallest absolute Gasteiger partial charge is 0.280 e. The van der Waals surface area contributed by atoms with Crippen molar-refractivity contribution in [2.24, 2.45) is 11.7 Å². The highest BCUT2D eigenvalue weighted by atomic mass is 32.2. The Balaban J connectivity index is 1.99. The van der Waals surface area contributed by atoms with Gasteiger partial charge in [0.15, 0.2) is 11.6 Å². The van der Waals surface area contributed by atoms with E-state index in [9.17, 15) is 26.4 Å².